The first-order valence-electron chi connectivity index (χ1n) is 7.62. The maximum absolute atomic E-state index is 12.0. The number of imidazole rings is 1. The van der Waals surface area contributed by atoms with E-state index in [4.69, 9.17) is 0 Å². The summed E-state index contributed by atoms with van der Waals surface area (Å²) in [5.74, 6) is 2.25. The Kier molecular flexibility index (Phi) is 5.59. The van der Waals surface area contributed by atoms with E-state index in [2.05, 4.69) is 27.1 Å². The van der Waals surface area contributed by atoms with Crippen LogP contribution in [-0.4, -0.2) is 35.1 Å². The number of aromatic nitrogens is 2. The quantitative estimate of drug-likeness (QED) is 0.825. The summed E-state index contributed by atoms with van der Waals surface area (Å²) in [4.78, 5) is 16.1. The third kappa shape index (κ3) is 4.34. The molecular formula is C15H26N4O. The minimum Gasteiger partial charge on any atom is -0.354 e. The van der Waals surface area contributed by atoms with Gasteiger partial charge in [-0.2, -0.15) is 0 Å². The molecule has 1 fully saturated rings. The second-order valence-electron chi connectivity index (χ2n) is 5.81. The smallest absolute Gasteiger partial charge is 0.220 e. The lowest BCUT2D eigenvalue weighted by Crippen LogP contribution is -2.36. The predicted molar refractivity (Wildman–Crippen MR) is 79.3 cm³/mol. The molecule has 0 saturated carbocycles. The molecule has 2 N–H and O–H groups in total. The second kappa shape index (κ2) is 7.43. The zero-order valence-electron chi connectivity index (χ0n) is 12.6. The van der Waals surface area contributed by atoms with Gasteiger partial charge in [0.25, 0.3) is 0 Å². The molecule has 0 bridgehead atoms. The molecule has 0 aliphatic carbocycles. The van der Waals surface area contributed by atoms with Crippen LogP contribution in [0.3, 0.4) is 0 Å². The molecule has 0 radical (unpaired) electrons. The first-order chi connectivity index (χ1) is 9.66. The number of nitrogens with one attached hydrogen (secondary N) is 2. The third-order valence-corrected chi connectivity index (χ3v) is 4.25. The highest BCUT2D eigenvalue weighted by atomic mass is 16.1. The number of aryl methyl sites for hydroxylation is 1. The predicted octanol–water partition coefficient (Wildman–Crippen LogP) is 1.33. The molecule has 1 amide bonds. The van der Waals surface area contributed by atoms with E-state index in [0.29, 0.717) is 24.8 Å². The Morgan fingerprint density at radius 2 is 2.50 bits per heavy atom. The van der Waals surface area contributed by atoms with Crippen LogP contribution in [0.4, 0.5) is 0 Å². The van der Waals surface area contributed by atoms with E-state index >= 15 is 0 Å². The first kappa shape index (κ1) is 15.0. The summed E-state index contributed by atoms with van der Waals surface area (Å²) >= 11 is 0. The van der Waals surface area contributed by atoms with Crippen LogP contribution in [-0.2, 0) is 11.3 Å². The lowest BCUT2D eigenvalue weighted by molar-refractivity contribution is -0.122. The molecule has 20 heavy (non-hydrogen) atoms. The average molecular weight is 278 g/mol. The number of piperidine rings is 1. The molecule has 5 heteroatoms. The van der Waals surface area contributed by atoms with Crippen LogP contribution in [0.5, 0.6) is 0 Å². The summed E-state index contributed by atoms with van der Waals surface area (Å²) in [6.45, 7) is 7.81. The molecule has 1 aliphatic heterocycles. The van der Waals surface area contributed by atoms with Crippen molar-refractivity contribution in [2.75, 3.05) is 19.6 Å². The van der Waals surface area contributed by atoms with Crippen LogP contribution < -0.4 is 10.6 Å². The van der Waals surface area contributed by atoms with E-state index in [0.717, 1.165) is 25.5 Å². The van der Waals surface area contributed by atoms with Crippen molar-refractivity contribution < 1.29 is 4.79 Å². The number of nitrogens with zero attached hydrogens (tertiary/aromatic N) is 2. The highest BCUT2D eigenvalue weighted by molar-refractivity contribution is 5.76. The SMILES string of the molecule is Cc1nccn1CCNC(=O)CC(C)C1CCCNC1. The van der Waals surface area contributed by atoms with Crippen molar-refractivity contribution in [2.24, 2.45) is 11.8 Å². The molecule has 1 aromatic rings. The maximum atomic E-state index is 12.0. The standard InChI is InChI=1S/C15H26N4O/c1-12(14-4-3-5-16-11-14)10-15(20)18-7-9-19-8-6-17-13(19)2/h6,8,12,14,16H,3-5,7,9-11H2,1-2H3,(H,18,20). The minimum absolute atomic E-state index is 0.167. The molecule has 1 aromatic heterocycles. The van der Waals surface area contributed by atoms with Crippen molar-refractivity contribution in [1.29, 1.82) is 0 Å². The van der Waals surface area contributed by atoms with Crippen LogP contribution >= 0.6 is 0 Å². The lowest BCUT2D eigenvalue weighted by atomic mass is 9.85. The van der Waals surface area contributed by atoms with Gasteiger partial charge in [0.2, 0.25) is 5.91 Å². The normalized spacial score (nSPS) is 20.6. The summed E-state index contributed by atoms with van der Waals surface area (Å²) in [6, 6.07) is 0. The Morgan fingerprint density at radius 1 is 1.65 bits per heavy atom. The van der Waals surface area contributed by atoms with E-state index in [1.54, 1.807) is 6.20 Å². The summed E-state index contributed by atoms with van der Waals surface area (Å²) in [6.07, 6.45) is 6.84. The highest BCUT2D eigenvalue weighted by Crippen LogP contribution is 2.22. The van der Waals surface area contributed by atoms with E-state index in [1.807, 2.05) is 13.1 Å². The fourth-order valence-corrected chi connectivity index (χ4v) is 2.85. The number of rotatable bonds is 6. The Bertz CT molecular complexity index is 423. The van der Waals surface area contributed by atoms with E-state index < -0.39 is 0 Å². The highest BCUT2D eigenvalue weighted by Gasteiger charge is 2.21. The Labute approximate surface area is 121 Å². The summed E-state index contributed by atoms with van der Waals surface area (Å²) in [5.41, 5.74) is 0. The first-order valence-corrected chi connectivity index (χ1v) is 7.62. The van der Waals surface area contributed by atoms with Crippen LogP contribution in [0, 0.1) is 18.8 Å². The molecule has 2 atom stereocenters. The van der Waals surface area contributed by atoms with E-state index in [-0.39, 0.29) is 5.91 Å². The van der Waals surface area contributed by atoms with Crippen LogP contribution in [0.2, 0.25) is 0 Å². The van der Waals surface area contributed by atoms with Gasteiger partial charge in [-0.05, 0) is 44.7 Å². The molecule has 1 aliphatic rings. The van der Waals surface area contributed by atoms with E-state index in [9.17, 15) is 4.79 Å². The Morgan fingerprint density at radius 3 is 3.15 bits per heavy atom. The minimum atomic E-state index is 0.167. The third-order valence-electron chi connectivity index (χ3n) is 4.25. The molecule has 2 unspecified atom stereocenters. The summed E-state index contributed by atoms with van der Waals surface area (Å²) in [7, 11) is 0. The van der Waals surface area contributed by atoms with Gasteiger partial charge in [0.1, 0.15) is 5.82 Å². The topological polar surface area (TPSA) is 59.0 Å². The van der Waals surface area contributed by atoms with Crippen molar-refractivity contribution in [3.8, 4) is 0 Å². The van der Waals surface area contributed by atoms with E-state index in [1.165, 1.54) is 12.8 Å². The molecule has 0 spiro atoms. The van der Waals surface area contributed by atoms with Crippen molar-refractivity contribution in [3.05, 3.63) is 18.2 Å². The maximum Gasteiger partial charge on any atom is 0.220 e. The molecule has 0 aromatic carbocycles. The monoisotopic (exact) mass is 278 g/mol. The number of hydrogen-bond donors (Lipinski definition) is 2. The number of carbonyl (C=O) groups excluding carboxylic acids is 1. The van der Waals surface area contributed by atoms with Crippen LogP contribution in [0.25, 0.3) is 0 Å². The Balaban J connectivity index is 1.65. The summed E-state index contributed by atoms with van der Waals surface area (Å²) < 4.78 is 2.05. The molecule has 1 saturated heterocycles. The molecule has 5 nitrogen and oxygen atoms in total. The van der Waals surface area contributed by atoms with Gasteiger partial charge in [0.05, 0.1) is 0 Å². The zero-order valence-corrected chi connectivity index (χ0v) is 12.6. The van der Waals surface area contributed by atoms with Crippen LogP contribution in [0.1, 0.15) is 32.0 Å². The molecule has 2 heterocycles. The van der Waals surface area contributed by atoms with Gasteiger partial charge in [-0.15, -0.1) is 0 Å². The number of hydrogen-bond acceptors (Lipinski definition) is 3. The number of carbonyl (C=O) groups is 1. The van der Waals surface area contributed by atoms with Gasteiger partial charge >= 0.3 is 0 Å². The fraction of sp³-hybridized carbons (Fsp3) is 0.733. The van der Waals surface area contributed by atoms with Gasteiger partial charge in [-0.1, -0.05) is 6.92 Å². The number of amides is 1. The van der Waals surface area contributed by atoms with Gasteiger partial charge in [0, 0.05) is 31.9 Å². The van der Waals surface area contributed by atoms with Gasteiger partial charge < -0.3 is 15.2 Å². The van der Waals surface area contributed by atoms with Crippen molar-refractivity contribution in [1.82, 2.24) is 20.2 Å². The Hall–Kier alpha value is -1.36. The van der Waals surface area contributed by atoms with Gasteiger partial charge in [-0.3, -0.25) is 4.79 Å². The lowest BCUT2D eigenvalue weighted by Gasteiger charge is -2.28. The van der Waals surface area contributed by atoms with Crippen molar-refractivity contribution in [2.45, 2.75) is 39.7 Å². The second-order valence-corrected chi connectivity index (χ2v) is 5.81. The largest absolute Gasteiger partial charge is 0.354 e. The molecule has 2 rings (SSSR count). The van der Waals surface area contributed by atoms with Crippen molar-refractivity contribution in [3.63, 3.8) is 0 Å². The van der Waals surface area contributed by atoms with Gasteiger partial charge in [0.15, 0.2) is 0 Å². The molecule has 112 valence electrons. The fourth-order valence-electron chi connectivity index (χ4n) is 2.85. The zero-order chi connectivity index (χ0) is 14.4. The summed E-state index contributed by atoms with van der Waals surface area (Å²) in [5, 5.41) is 6.43. The molecular weight excluding hydrogens is 252 g/mol. The van der Waals surface area contributed by atoms with Crippen molar-refractivity contribution >= 4 is 5.91 Å². The van der Waals surface area contributed by atoms with Gasteiger partial charge in [-0.25, -0.2) is 4.98 Å². The average Bonchev–Trinajstić information content (AvgIpc) is 2.85. The van der Waals surface area contributed by atoms with Crippen LogP contribution in [0.15, 0.2) is 12.4 Å².